The molecule has 1 aliphatic heterocycles. The molecule has 0 radical (unpaired) electrons. The maximum Gasteiger partial charge on any atom is 0.321 e. The van der Waals surface area contributed by atoms with Crippen LogP contribution in [0, 0.1) is 0 Å². The zero-order valence-electron chi connectivity index (χ0n) is 11.6. The summed E-state index contributed by atoms with van der Waals surface area (Å²) in [5, 5.41) is 3.71. The zero-order valence-corrected chi connectivity index (χ0v) is 12.3. The van der Waals surface area contributed by atoms with Crippen LogP contribution in [0.15, 0.2) is 60.8 Å². The van der Waals surface area contributed by atoms with E-state index in [-0.39, 0.29) is 12.1 Å². The maximum atomic E-state index is 12.0. The molecule has 1 atom stereocenters. The largest absolute Gasteiger partial charge is 0.327 e. The average Bonchev–Trinajstić information content (AvgIpc) is 2.51. The molecule has 0 fully saturated rings. The normalized spacial score (nSPS) is 18.2. The highest BCUT2D eigenvalue weighted by molar-refractivity contribution is 6.30. The van der Waals surface area contributed by atoms with Crippen molar-refractivity contribution in [1.82, 2.24) is 10.2 Å². The van der Waals surface area contributed by atoms with Crippen LogP contribution in [-0.4, -0.2) is 18.0 Å². The van der Waals surface area contributed by atoms with Crippen LogP contribution < -0.4 is 5.32 Å². The number of hydrogen-bond acceptors (Lipinski definition) is 1. The summed E-state index contributed by atoms with van der Waals surface area (Å²) in [5.74, 6) is 0. The van der Waals surface area contributed by atoms with E-state index in [2.05, 4.69) is 5.32 Å². The SMILES string of the molecule is CN1C=C(c2ccccc2)C(c2ccc(Cl)cc2)NC1=O. The van der Waals surface area contributed by atoms with Crippen molar-refractivity contribution >= 4 is 23.2 Å². The molecule has 0 aliphatic carbocycles. The number of nitrogens with one attached hydrogen (secondary N) is 1. The maximum absolute atomic E-state index is 12.0. The van der Waals surface area contributed by atoms with Crippen LogP contribution in [-0.2, 0) is 0 Å². The predicted molar refractivity (Wildman–Crippen MR) is 84.9 cm³/mol. The number of benzene rings is 2. The van der Waals surface area contributed by atoms with E-state index in [1.54, 1.807) is 11.9 Å². The minimum atomic E-state index is -0.173. The Balaban J connectivity index is 2.06. The van der Waals surface area contributed by atoms with Gasteiger partial charge in [0.1, 0.15) is 0 Å². The minimum absolute atomic E-state index is 0.116. The van der Waals surface area contributed by atoms with Gasteiger partial charge in [-0.15, -0.1) is 0 Å². The highest BCUT2D eigenvalue weighted by Crippen LogP contribution is 2.33. The fourth-order valence-electron chi connectivity index (χ4n) is 2.43. The van der Waals surface area contributed by atoms with Crippen molar-refractivity contribution in [3.05, 3.63) is 76.9 Å². The van der Waals surface area contributed by atoms with Gasteiger partial charge in [0.05, 0.1) is 6.04 Å². The zero-order chi connectivity index (χ0) is 14.8. The van der Waals surface area contributed by atoms with E-state index in [4.69, 9.17) is 11.6 Å². The van der Waals surface area contributed by atoms with Gasteiger partial charge in [-0.3, -0.25) is 0 Å². The molecule has 0 saturated heterocycles. The van der Waals surface area contributed by atoms with Crippen LogP contribution in [0.1, 0.15) is 17.2 Å². The summed E-state index contributed by atoms with van der Waals surface area (Å²) in [6.07, 6.45) is 1.88. The van der Waals surface area contributed by atoms with Gasteiger partial charge in [0.25, 0.3) is 0 Å². The van der Waals surface area contributed by atoms with Crippen molar-refractivity contribution in [2.75, 3.05) is 7.05 Å². The smallest absolute Gasteiger partial charge is 0.321 e. The van der Waals surface area contributed by atoms with Crippen molar-refractivity contribution in [2.45, 2.75) is 6.04 Å². The van der Waals surface area contributed by atoms with E-state index < -0.39 is 0 Å². The number of carbonyl (C=O) groups excluding carboxylic acids is 1. The average molecular weight is 299 g/mol. The van der Waals surface area contributed by atoms with Gasteiger partial charge in [0.2, 0.25) is 0 Å². The quantitative estimate of drug-likeness (QED) is 0.890. The Morgan fingerprint density at radius 3 is 2.38 bits per heavy atom. The summed E-state index contributed by atoms with van der Waals surface area (Å²) in [6, 6.07) is 17.3. The van der Waals surface area contributed by atoms with Gasteiger partial charge < -0.3 is 10.2 Å². The Morgan fingerprint density at radius 2 is 1.71 bits per heavy atom. The van der Waals surface area contributed by atoms with Crippen LogP contribution >= 0.6 is 11.6 Å². The molecule has 2 aromatic rings. The molecule has 21 heavy (non-hydrogen) atoms. The fraction of sp³-hybridized carbons (Fsp3) is 0.118. The first-order valence-electron chi connectivity index (χ1n) is 6.71. The summed E-state index contributed by atoms with van der Waals surface area (Å²) >= 11 is 5.95. The molecule has 1 N–H and O–H groups in total. The first-order valence-corrected chi connectivity index (χ1v) is 7.09. The lowest BCUT2D eigenvalue weighted by molar-refractivity contribution is 0.218. The second kappa shape index (κ2) is 5.62. The number of nitrogens with zero attached hydrogens (tertiary/aromatic N) is 1. The van der Waals surface area contributed by atoms with Gasteiger partial charge in [0, 0.05) is 23.8 Å². The monoisotopic (exact) mass is 298 g/mol. The molecule has 0 spiro atoms. The second-order valence-electron chi connectivity index (χ2n) is 5.00. The number of urea groups is 1. The van der Waals surface area contributed by atoms with Crippen LogP contribution in [0.2, 0.25) is 5.02 Å². The van der Waals surface area contributed by atoms with E-state index in [0.717, 1.165) is 16.7 Å². The van der Waals surface area contributed by atoms with Crippen LogP contribution in [0.5, 0.6) is 0 Å². The predicted octanol–water partition coefficient (Wildman–Crippen LogP) is 4.08. The highest BCUT2D eigenvalue weighted by atomic mass is 35.5. The summed E-state index contributed by atoms with van der Waals surface area (Å²) in [7, 11) is 1.75. The Labute approximate surface area is 128 Å². The molecule has 3 rings (SSSR count). The van der Waals surface area contributed by atoms with Crippen molar-refractivity contribution in [3.8, 4) is 0 Å². The van der Waals surface area contributed by atoms with Gasteiger partial charge in [-0.2, -0.15) is 0 Å². The van der Waals surface area contributed by atoms with Crippen LogP contribution in [0.4, 0.5) is 4.79 Å². The number of carbonyl (C=O) groups is 1. The third kappa shape index (κ3) is 2.78. The minimum Gasteiger partial charge on any atom is -0.327 e. The van der Waals surface area contributed by atoms with Gasteiger partial charge in [-0.1, -0.05) is 54.1 Å². The molecule has 1 aliphatic rings. The van der Waals surface area contributed by atoms with Crippen molar-refractivity contribution in [1.29, 1.82) is 0 Å². The van der Waals surface area contributed by atoms with Gasteiger partial charge in [-0.05, 0) is 23.3 Å². The summed E-state index contributed by atoms with van der Waals surface area (Å²) in [5.41, 5.74) is 3.15. The Bertz CT molecular complexity index is 680. The number of halogens is 1. The third-order valence-electron chi connectivity index (χ3n) is 3.54. The number of amides is 2. The lowest BCUT2D eigenvalue weighted by atomic mass is 9.92. The van der Waals surface area contributed by atoms with Crippen LogP contribution in [0.3, 0.4) is 0 Å². The Hall–Kier alpha value is -2.26. The van der Waals surface area contributed by atoms with Gasteiger partial charge >= 0.3 is 6.03 Å². The summed E-state index contributed by atoms with van der Waals surface area (Å²) in [4.78, 5) is 13.5. The number of rotatable bonds is 2. The lowest BCUT2D eigenvalue weighted by Gasteiger charge is -2.31. The molecule has 106 valence electrons. The fourth-order valence-corrected chi connectivity index (χ4v) is 2.56. The van der Waals surface area contributed by atoms with Crippen molar-refractivity contribution < 1.29 is 4.79 Å². The molecule has 4 heteroatoms. The van der Waals surface area contributed by atoms with E-state index in [1.165, 1.54) is 0 Å². The molecule has 0 saturated carbocycles. The molecule has 1 heterocycles. The third-order valence-corrected chi connectivity index (χ3v) is 3.79. The van der Waals surface area contributed by atoms with Gasteiger partial charge in [0.15, 0.2) is 0 Å². The van der Waals surface area contributed by atoms with Crippen LogP contribution in [0.25, 0.3) is 5.57 Å². The number of hydrogen-bond donors (Lipinski definition) is 1. The van der Waals surface area contributed by atoms with Gasteiger partial charge in [-0.25, -0.2) is 4.79 Å². The van der Waals surface area contributed by atoms with Crippen molar-refractivity contribution in [3.63, 3.8) is 0 Å². The van der Waals surface area contributed by atoms with E-state index in [1.807, 2.05) is 60.8 Å². The lowest BCUT2D eigenvalue weighted by Crippen LogP contribution is -2.41. The molecule has 0 aromatic heterocycles. The molecule has 0 bridgehead atoms. The standard InChI is InChI=1S/C17H15ClN2O/c1-20-11-15(12-5-3-2-4-6-12)16(19-17(20)21)13-7-9-14(18)10-8-13/h2-11,16H,1H3,(H,19,21). The first-order chi connectivity index (χ1) is 10.1. The van der Waals surface area contributed by atoms with E-state index >= 15 is 0 Å². The summed E-state index contributed by atoms with van der Waals surface area (Å²) in [6.45, 7) is 0. The first kappa shape index (κ1) is 13.7. The molecule has 3 nitrogen and oxygen atoms in total. The molecule has 1 unspecified atom stereocenters. The summed E-state index contributed by atoms with van der Waals surface area (Å²) < 4.78 is 0. The van der Waals surface area contributed by atoms with Crippen molar-refractivity contribution in [2.24, 2.45) is 0 Å². The Kier molecular flexibility index (Phi) is 3.67. The second-order valence-corrected chi connectivity index (χ2v) is 5.43. The Morgan fingerprint density at radius 1 is 1.05 bits per heavy atom. The molecule has 2 aromatic carbocycles. The highest BCUT2D eigenvalue weighted by Gasteiger charge is 2.26. The molecular formula is C17H15ClN2O. The van der Waals surface area contributed by atoms with E-state index in [9.17, 15) is 4.79 Å². The molecule has 2 amide bonds. The topological polar surface area (TPSA) is 32.3 Å². The molecular weight excluding hydrogens is 284 g/mol. The van der Waals surface area contributed by atoms with E-state index in [0.29, 0.717) is 5.02 Å².